The number of para-hydroxylation sites is 1. The summed E-state index contributed by atoms with van der Waals surface area (Å²) in [4.78, 5) is 30.7. The van der Waals surface area contributed by atoms with Gasteiger partial charge in [0.25, 0.3) is 5.91 Å². The number of carboxylic acid groups (broad SMARTS) is 1. The Bertz CT molecular complexity index is 698. The number of carboxylic acids is 1. The van der Waals surface area contributed by atoms with E-state index in [1.807, 2.05) is 38.4 Å². The molecule has 1 heterocycles. The van der Waals surface area contributed by atoms with Crippen LogP contribution < -0.4 is 4.90 Å². The van der Waals surface area contributed by atoms with E-state index in [-0.39, 0.29) is 12.5 Å². The first-order valence-electron chi connectivity index (χ1n) is 6.44. The van der Waals surface area contributed by atoms with E-state index in [9.17, 15) is 9.59 Å². The number of carbonyl (C=O) groups excluding carboxylic acids is 1. The Morgan fingerprint density at radius 3 is 2.48 bits per heavy atom. The average molecular weight is 287 g/mol. The van der Waals surface area contributed by atoms with Crippen molar-refractivity contribution in [3.05, 3.63) is 35.9 Å². The summed E-state index contributed by atoms with van der Waals surface area (Å²) in [6.07, 6.45) is 0. The van der Waals surface area contributed by atoms with E-state index in [0.29, 0.717) is 22.3 Å². The molecule has 0 saturated heterocycles. The van der Waals surface area contributed by atoms with Gasteiger partial charge in [0.05, 0.1) is 11.1 Å². The molecule has 0 radical (unpaired) electrons. The van der Waals surface area contributed by atoms with Gasteiger partial charge in [-0.3, -0.25) is 9.59 Å². The molecule has 0 aliphatic heterocycles. The van der Waals surface area contributed by atoms with Crippen LogP contribution in [0.3, 0.4) is 0 Å². The molecule has 0 fully saturated rings. The summed E-state index contributed by atoms with van der Waals surface area (Å²) in [6.45, 7) is -0.340. The lowest BCUT2D eigenvalue weighted by atomic mass is 10.1. The van der Waals surface area contributed by atoms with Crippen molar-refractivity contribution < 1.29 is 14.7 Å². The zero-order valence-corrected chi connectivity index (χ0v) is 12.2. The molecule has 1 aromatic carbocycles. The van der Waals surface area contributed by atoms with E-state index in [0.717, 1.165) is 0 Å². The lowest BCUT2D eigenvalue weighted by molar-refractivity contribution is -0.137. The number of hydrogen-bond donors (Lipinski definition) is 1. The Kier molecular flexibility index (Phi) is 4.07. The number of carbonyl (C=O) groups is 2. The minimum absolute atomic E-state index is 0.334. The minimum atomic E-state index is -1.04. The molecule has 0 spiro atoms. The monoisotopic (exact) mass is 287 g/mol. The number of anilines is 1. The van der Waals surface area contributed by atoms with Gasteiger partial charge in [0.1, 0.15) is 12.4 Å². The highest BCUT2D eigenvalue weighted by Crippen LogP contribution is 2.23. The molecule has 2 aromatic rings. The van der Waals surface area contributed by atoms with Crippen LogP contribution in [0.5, 0.6) is 0 Å². The Hall–Kier alpha value is -2.63. The molecule has 0 saturated carbocycles. The molecular weight excluding hydrogens is 270 g/mol. The van der Waals surface area contributed by atoms with Crippen molar-refractivity contribution in [1.29, 1.82) is 0 Å². The maximum Gasteiger partial charge on any atom is 0.323 e. The molecule has 0 aliphatic carbocycles. The van der Waals surface area contributed by atoms with Crippen LogP contribution in [-0.2, 0) is 4.79 Å². The molecule has 6 heteroatoms. The first kappa shape index (κ1) is 14.8. The van der Waals surface area contributed by atoms with Crippen molar-refractivity contribution in [2.24, 2.45) is 0 Å². The largest absolute Gasteiger partial charge is 0.480 e. The van der Waals surface area contributed by atoms with Crippen LogP contribution in [0.2, 0.25) is 0 Å². The highest BCUT2D eigenvalue weighted by molar-refractivity contribution is 6.07. The predicted molar refractivity (Wildman–Crippen MR) is 80.7 cm³/mol. The lowest BCUT2D eigenvalue weighted by Gasteiger charge is -2.18. The zero-order valence-electron chi connectivity index (χ0n) is 12.2. The summed E-state index contributed by atoms with van der Waals surface area (Å²) in [7, 11) is 5.15. The fraction of sp³-hybridized carbons (Fsp3) is 0.267. The molecule has 1 aromatic heterocycles. The van der Waals surface area contributed by atoms with Gasteiger partial charge in [0.15, 0.2) is 0 Å². The van der Waals surface area contributed by atoms with Gasteiger partial charge < -0.3 is 14.9 Å². The van der Waals surface area contributed by atoms with Gasteiger partial charge in [-0.2, -0.15) is 0 Å². The first-order valence-corrected chi connectivity index (χ1v) is 6.44. The smallest absolute Gasteiger partial charge is 0.323 e. The molecule has 2 rings (SSSR count). The zero-order chi connectivity index (χ0) is 15.6. The second-order valence-corrected chi connectivity index (χ2v) is 4.99. The van der Waals surface area contributed by atoms with Crippen molar-refractivity contribution >= 4 is 28.6 Å². The van der Waals surface area contributed by atoms with Gasteiger partial charge in [-0.1, -0.05) is 18.2 Å². The second-order valence-electron chi connectivity index (χ2n) is 4.99. The van der Waals surface area contributed by atoms with Crippen LogP contribution in [0.15, 0.2) is 30.3 Å². The summed E-state index contributed by atoms with van der Waals surface area (Å²) in [5, 5.41) is 9.53. The minimum Gasteiger partial charge on any atom is -0.480 e. The number of benzene rings is 1. The number of likely N-dealkylation sites (N-methyl/N-ethyl adjacent to an activating group) is 1. The molecule has 0 aliphatic rings. The van der Waals surface area contributed by atoms with Crippen molar-refractivity contribution in [2.75, 3.05) is 32.6 Å². The Labute approximate surface area is 122 Å². The summed E-state index contributed by atoms with van der Waals surface area (Å²) in [5.41, 5.74) is 1.16. The van der Waals surface area contributed by atoms with Gasteiger partial charge in [0, 0.05) is 26.5 Å². The predicted octanol–water partition coefficient (Wildman–Crippen LogP) is 1.46. The fourth-order valence-electron chi connectivity index (χ4n) is 2.05. The number of nitrogens with zero attached hydrogens (tertiary/aromatic N) is 3. The van der Waals surface area contributed by atoms with Crippen molar-refractivity contribution in [2.45, 2.75) is 0 Å². The van der Waals surface area contributed by atoms with Crippen LogP contribution >= 0.6 is 0 Å². The SMILES string of the molecule is CN(CC(=O)O)C(=O)c1cc(N(C)C)nc2ccccc12. The summed E-state index contributed by atoms with van der Waals surface area (Å²) >= 11 is 0. The number of hydrogen-bond acceptors (Lipinski definition) is 4. The molecule has 1 N–H and O–H groups in total. The molecule has 6 nitrogen and oxygen atoms in total. The number of pyridine rings is 1. The van der Waals surface area contributed by atoms with E-state index in [1.54, 1.807) is 11.0 Å². The Morgan fingerprint density at radius 1 is 1.19 bits per heavy atom. The summed E-state index contributed by atoms with van der Waals surface area (Å²) in [5.74, 6) is -0.725. The lowest BCUT2D eigenvalue weighted by Crippen LogP contribution is -2.32. The number of aromatic nitrogens is 1. The third-order valence-corrected chi connectivity index (χ3v) is 3.11. The standard InChI is InChI=1S/C15H17N3O3/c1-17(2)13-8-11(15(21)18(3)9-14(19)20)10-6-4-5-7-12(10)16-13/h4-8H,9H2,1-3H3,(H,19,20). The van der Waals surface area contributed by atoms with Crippen molar-refractivity contribution in [3.8, 4) is 0 Å². The van der Waals surface area contributed by atoms with Crippen LogP contribution in [-0.4, -0.2) is 54.6 Å². The van der Waals surface area contributed by atoms with E-state index in [2.05, 4.69) is 4.98 Å². The highest BCUT2D eigenvalue weighted by atomic mass is 16.4. The topological polar surface area (TPSA) is 73.7 Å². The van der Waals surface area contributed by atoms with Gasteiger partial charge in [-0.05, 0) is 12.1 Å². The Balaban J connectivity index is 2.55. The number of rotatable bonds is 4. The summed E-state index contributed by atoms with van der Waals surface area (Å²) < 4.78 is 0. The van der Waals surface area contributed by atoms with Gasteiger partial charge >= 0.3 is 5.97 Å². The molecule has 21 heavy (non-hydrogen) atoms. The van der Waals surface area contributed by atoms with Crippen LogP contribution in [0, 0.1) is 0 Å². The van der Waals surface area contributed by atoms with Gasteiger partial charge in [-0.25, -0.2) is 4.98 Å². The van der Waals surface area contributed by atoms with E-state index < -0.39 is 5.97 Å². The van der Waals surface area contributed by atoms with E-state index >= 15 is 0 Å². The number of aliphatic carboxylic acids is 1. The molecule has 0 unspecified atom stereocenters. The van der Waals surface area contributed by atoms with Crippen molar-refractivity contribution in [3.63, 3.8) is 0 Å². The maximum absolute atomic E-state index is 12.5. The highest BCUT2D eigenvalue weighted by Gasteiger charge is 2.18. The summed E-state index contributed by atoms with van der Waals surface area (Å²) in [6, 6.07) is 9.00. The van der Waals surface area contributed by atoms with Crippen LogP contribution in [0.25, 0.3) is 10.9 Å². The molecular formula is C15H17N3O3. The first-order chi connectivity index (χ1) is 9.90. The second kappa shape index (κ2) is 5.78. The third kappa shape index (κ3) is 3.10. The molecule has 0 atom stereocenters. The van der Waals surface area contributed by atoms with Crippen LogP contribution in [0.1, 0.15) is 10.4 Å². The fourth-order valence-corrected chi connectivity index (χ4v) is 2.05. The maximum atomic E-state index is 12.5. The number of fused-ring (bicyclic) bond motifs is 1. The quantitative estimate of drug-likeness (QED) is 0.921. The average Bonchev–Trinajstić information content (AvgIpc) is 2.44. The molecule has 0 bridgehead atoms. The van der Waals surface area contributed by atoms with Crippen LogP contribution in [0.4, 0.5) is 5.82 Å². The Morgan fingerprint density at radius 2 is 1.86 bits per heavy atom. The van der Waals surface area contributed by atoms with Gasteiger partial charge in [-0.15, -0.1) is 0 Å². The molecule has 110 valence electrons. The number of amides is 1. The normalized spacial score (nSPS) is 10.4. The van der Waals surface area contributed by atoms with E-state index in [1.165, 1.54) is 11.9 Å². The van der Waals surface area contributed by atoms with Gasteiger partial charge in [0.2, 0.25) is 0 Å². The van der Waals surface area contributed by atoms with E-state index in [4.69, 9.17) is 5.11 Å². The van der Waals surface area contributed by atoms with Crippen molar-refractivity contribution in [1.82, 2.24) is 9.88 Å². The third-order valence-electron chi connectivity index (χ3n) is 3.11. The molecule has 1 amide bonds.